The highest BCUT2D eigenvalue weighted by Crippen LogP contribution is 2.28. The van der Waals surface area contributed by atoms with Gasteiger partial charge in [0.05, 0.1) is 32.6 Å². The van der Waals surface area contributed by atoms with Gasteiger partial charge in [-0.1, -0.05) is 0 Å². The molecule has 2 heterocycles. The van der Waals surface area contributed by atoms with Gasteiger partial charge in [0.2, 0.25) is 5.82 Å². The van der Waals surface area contributed by atoms with Gasteiger partial charge in [0, 0.05) is 0 Å². The number of rotatable bonds is 3. The lowest BCUT2D eigenvalue weighted by Gasteiger charge is -2.45. The predicted octanol–water partition coefficient (Wildman–Crippen LogP) is -0.0628. The molecular weight excluding hydrogens is 248 g/mol. The summed E-state index contributed by atoms with van der Waals surface area (Å²) in [5.74, 6) is -0.325. The number of likely N-dealkylation sites (tertiary alicyclic amines) is 1. The topological polar surface area (TPSA) is 75.5 Å². The molecule has 1 aromatic heterocycles. The van der Waals surface area contributed by atoms with E-state index in [0.29, 0.717) is 5.75 Å². The van der Waals surface area contributed by atoms with Crippen LogP contribution in [0.1, 0.15) is 10.6 Å². The number of carbonyl (C=O) groups is 1. The second-order valence-corrected chi connectivity index (χ2v) is 4.01. The number of methoxy groups -OCH3 is 1. The van der Waals surface area contributed by atoms with E-state index in [4.69, 9.17) is 4.74 Å². The summed E-state index contributed by atoms with van der Waals surface area (Å²) in [7, 11) is 1.43. The molecule has 8 heteroatoms. The highest BCUT2D eigenvalue weighted by Gasteiger charge is 2.51. The lowest BCUT2D eigenvalue weighted by Crippen LogP contribution is -2.67. The van der Waals surface area contributed by atoms with Crippen molar-refractivity contribution < 1.29 is 23.4 Å². The number of aromatic nitrogens is 2. The van der Waals surface area contributed by atoms with E-state index < -0.39 is 31.0 Å². The van der Waals surface area contributed by atoms with Gasteiger partial charge in [-0.2, -0.15) is 0 Å². The predicted molar refractivity (Wildman–Crippen MR) is 55.4 cm³/mol. The van der Waals surface area contributed by atoms with Crippen LogP contribution in [0.5, 0.6) is 5.75 Å². The van der Waals surface area contributed by atoms with Crippen molar-refractivity contribution >= 4 is 5.91 Å². The molecule has 1 aliphatic heterocycles. The van der Waals surface area contributed by atoms with Crippen molar-refractivity contribution in [1.29, 1.82) is 0 Å². The molecule has 1 aromatic rings. The molecule has 0 aromatic carbocycles. The van der Waals surface area contributed by atoms with E-state index in [1.54, 1.807) is 0 Å². The third-order valence-electron chi connectivity index (χ3n) is 2.68. The Morgan fingerprint density at radius 3 is 2.50 bits per heavy atom. The van der Waals surface area contributed by atoms with Gasteiger partial charge >= 0.3 is 0 Å². The zero-order valence-electron chi connectivity index (χ0n) is 9.51. The normalized spacial score (nSPS) is 17.5. The van der Waals surface area contributed by atoms with Crippen LogP contribution >= 0.6 is 0 Å². The fraction of sp³-hybridized carbons (Fsp3) is 0.500. The summed E-state index contributed by atoms with van der Waals surface area (Å²) in [5.41, 5.74) is -2.11. The van der Waals surface area contributed by atoms with E-state index in [-0.39, 0.29) is 5.82 Å². The molecule has 0 radical (unpaired) electrons. The fourth-order valence-corrected chi connectivity index (χ4v) is 1.57. The first-order valence-electron chi connectivity index (χ1n) is 5.12. The van der Waals surface area contributed by atoms with Crippen molar-refractivity contribution in [2.75, 3.05) is 20.2 Å². The number of halogens is 2. The maximum Gasteiger partial charge on any atom is 0.291 e. The Morgan fingerprint density at radius 1 is 1.50 bits per heavy atom. The Morgan fingerprint density at radius 2 is 2.06 bits per heavy atom. The first-order chi connectivity index (χ1) is 8.46. The molecule has 98 valence electrons. The van der Waals surface area contributed by atoms with Gasteiger partial charge in [0.15, 0.2) is 11.4 Å². The van der Waals surface area contributed by atoms with Gasteiger partial charge in [0.1, 0.15) is 0 Å². The molecule has 0 saturated carbocycles. The fourth-order valence-electron chi connectivity index (χ4n) is 1.57. The van der Waals surface area contributed by atoms with Crippen molar-refractivity contribution in [2.45, 2.75) is 12.0 Å². The van der Waals surface area contributed by atoms with E-state index in [1.165, 1.54) is 19.5 Å². The SMILES string of the molecule is COc1cnc(C(=O)N2CC(O)(C(F)F)C2)nc1. The molecule has 6 nitrogen and oxygen atoms in total. The Hall–Kier alpha value is -1.83. The van der Waals surface area contributed by atoms with Crippen LogP contribution in [-0.2, 0) is 0 Å². The van der Waals surface area contributed by atoms with Gasteiger partial charge in [0.25, 0.3) is 12.3 Å². The molecule has 0 atom stereocenters. The highest BCUT2D eigenvalue weighted by molar-refractivity contribution is 5.91. The summed E-state index contributed by atoms with van der Waals surface area (Å²) in [6.45, 7) is -0.836. The summed E-state index contributed by atoms with van der Waals surface area (Å²) in [6, 6.07) is 0. The van der Waals surface area contributed by atoms with Gasteiger partial charge in [-0.15, -0.1) is 0 Å². The molecule has 18 heavy (non-hydrogen) atoms. The zero-order valence-corrected chi connectivity index (χ0v) is 9.51. The molecule has 0 bridgehead atoms. The van der Waals surface area contributed by atoms with E-state index in [2.05, 4.69) is 9.97 Å². The molecule has 1 aliphatic rings. The number of hydrogen-bond acceptors (Lipinski definition) is 5. The smallest absolute Gasteiger partial charge is 0.291 e. The molecule has 1 N–H and O–H groups in total. The number of carbonyl (C=O) groups excluding carboxylic acids is 1. The number of ether oxygens (including phenoxy) is 1. The van der Waals surface area contributed by atoms with Crippen molar-refractivity contribution in [3.8, 4) is 5.75 Å². The minimum absolute atomic E-state index is 0.118. The summed E-state index contributed by atoms with van der Waals surface area (Å²) in [4.78, 5) is 20.3. The molecule has 2 rings (SSSR count). The van der Waals surface area contributed by atoms with Crippen LogP contribution in [-0.4, -0.2) is 58.1 Å². The van der Waals surface area contributed by atoms with Crippen LogP contribution in [0.3, 0.4) is 0 Å². The molecule has 1 fully saturated rings. The maximum absolute atomic E-state index is 12.4. The molecular formula is C10H11F2N3O3. The van der Waals surface area contributed by atoms with Crippen LogP contribution in [0, 0.1) is 0 Å². The van der Waals surface area contributed by atoms with Gasteiger partial charge in [-0.3, -0.25) is 4.79 Å². The van der Waals surface area contributed by atoms with Crippen molar-refractivity contribution in [3.05, 3.63) is 18.2 Å². The minimum atomic E-state index is -2.88. The van der Waals surface area contributed by atoms with Crippen LogP contribution in [0.25, 0.3) is 0 Å². The number of hydrogen-bond donors (Lipinski definition) is 1. The van der Waals surface area contributed by atoms with Gasteiger partial charge < -0.3 is 14.7 Å². The standard InChI is InChI=1S/C10H11F2N3O3/c1-18-6-2-13-7(14-3-6)8(16)15-4-10(17,5-15)9(11)12/h2-3,9,17H,4-5H2,1H3. The monoisotopic (exact) mass is 259 g/mol. The van der Waals surface area contributed by atoms with Crippen LogP contribution in [0.2, 0.25) is 0 Å². The summed E-state index contributed by atoms with van der Waals surface area (Å²) < 4.78 is 29.6. The third-order valence-corrected chi connectivity index (χ3v) is 2.68. The lowest BCUT2D eigenvalue weighted by molar-refractivity contribution is -0.166. The molecule has 0 spiro atoms. The first-order valence-corrected chi connectivity index (χ1v) is 5.12. The zero-order chi connectivity index (χ0) is 13.3. The van der Waals surface area contributed by atoms with Crippen LogP contribution in [0.15, 0.2) is 12.4 Å². The van der Waals surface area contributed by atoms with Gasteiger partial charge in [-0.05, 0) is 0 Å². The minimum Gasteiger partial charge on any atom is -0.494 e. The van der Waals surface area contributed by atoms with E-state index >= 15 is 0 Å². The number of nitrogens with zero attached hydrogens (tertiary/aromatic N) is 3. The number of amides is 1. The number of aliphatic hydroxyl groups is 1. The third kappa shape index (κ3) is 2.10. The highest BCUT2D eigenvalue weighted by atomic mass is 19.3. The summed E-state index contributed by atoms with van der Waals surface area (Å²) in [5, 5.41) is 9.33. The first kappa shape index (κ1) is 12.6. The lowest BCUT2D eigenvalue weighted by atomic mass is 9.95. The van der Waals surface area contributed by atoms with E-state index in [1.807, 2.05) is 0 Å². The summed E-state index contributed by atoms with van der Waals surface area (Å²) >= 11 is 0. The van der Waals surface area contributed by atoms with Crippen molar-refractivity contribution in [2.24, 2.45) is 0 Å². The average molecular weight is 259 g/mol. The average Bonchev–Trinajstić information content (AvgIpc) is 2.34. The van der Waals surface area contributed by atoms with E-state index in [9.17, 15) is 18.7 Å². The van der Waals surface area contributed by atoms with E-state index in [0.717, 1.165) is 4.90 Å². The van der Waals surface area contributed by atoms with Gasteiger partial charge in [-0.25, -0.2) is 18.7 Å². The maximum atomic E-state index is 12.4. The number of alkyl halides is 2. The summed E-state index contributed by atoms with van der Waals surface area (Å²) in [6.07, 6.45) is -0.267. The second kappa shape index (κ2) is 4.45. The Kier molecular flexibility index (Phi) is 3.12. The Labute approximate surface area is 101 Å². The second-order valence-electron chi connectivity index (χ2n) is 4.01. The van der Waals surface area contributed by atoms with Crippen LogP contribution in [0.4, 0.5) is 8.78 Å². The largest absolute Gasteiger partial charge is 0.494 e. The Bertz CT molecular complexity index is 446. The number of β-amino-alcohol motifs (C(OH)–C–C–N with tert-alkyl or cyclic N) is 1. The molecule has 0 aliphatic carbocycles. The van der Waals surface area contributed by atoms with Crippen molar-refractivity contribution in [3.63, 3.8) is 0 Å². The quantitative estimate of drug-likeness (QED) is 0.822. The molecule has 0 unspecified atom stereocenters. The van der Waals surface area contributed by atoms with Crippen molar-refractivity contribution in [1.82, 2.24) is 14.9 Å². The molecule has 1 amide bonds. The van der Waals surface area contributed by atoms with Crippen LogP contribution < -0.4 is 4.74 Å². The Balaban J connectivity index is 2.01. The molecule has 1 saturated heterocycles.